The van der Waals surface area contributed by atoms with Crippen molar-refractivity contribution < 1.29 is 4.79 Å². The van der Waals surface area contributed by atoms with E-state index in [1.54, 1.807) is 11.3 Å². The Labute approximate surface area is 171 Å². The first-order valence-electron chi connectivity index (χ1n) is 10.7. The molecule has 1 amide bonds. The summed E-state index contributed by atoms with van der Waals surface area (Å²) in [6, 6.07) is 2.14. The molecule has 2 aromatic heterocycles. The third kappa shape index (κ3) is 4.17. The molecule has 1 N–H and O–H groups in total. The monoisotopic (exact) mass is 400 g/mol. The zero-order valence-corrected chi connectivity index (χ0v) is 18.2. The Morgan fingerprint density at radius 2 is 2.11 bits per heavy atom. The highest BCUT2D eigenvalue weighted by atomic mass is 32.1. The number of hydrogen-bond donors (Lipinski definition) is 1. The van der Waals surface area contributed by atoms with Gasteiger partial charge < -0.3 is 9.88 Å². The maximum absolute atomic E-state index is 12.7. The van der Waals surface area contributed by atoms with Crippen LogP contribution < -0.4 is 5.32 Å². The van der Waals surface area contributed by atoms with Crippen molar-refractivity contribution in [3.8, 4) is 0 Å². The molecule has 2 aromatic rings. The lowest BCUT2D eigenvalue weighted by Gasteiger charge is -2.33. The minimum absolute atomic E-state index is 0.0577. The Kier molecular flexibility index (Phi) is 5.59. The van der Waals surface area contributed by atoms with Crippen LogP contribution in [0.25, 0.3) is 0 Å². The first kappa shape index (κ1) is 19.6. The third-order valence-electron chi connectivity index (χ3n) is 6.35. The molecule has 152 valence electrons. The van der Waals surface area contributed by atoms with Gasteiger partial charge in [0.05, 0.1) is 4.88 Å². The Morgan fingerprint density at radius 1 is 1.25 bits per heavy atom. The van der Waals surface area contributed by atoms with Gasteiger partial charge in [0, 0.05) is 30.8 Å². The molecule has 0 saturated heterocycles. The van der Waals surface area contributed by atoms with E-state index >= 15 is 0 Å². The average molecular weight is 401 g/mol. The van der Waals surface area contributed by atoms with Crippen molar-refractivity contribution in [1.29, 1.82) is 0 Å². The Morgan fingerprint density at radius 3 is 2.93 bits per heavy atom. The van der Waals surface area contributed by atoms with Crippen molar-refractivity contribution in [1.82, 2.24) is 20.1 Å². The lowest BCUT2D eigenvalue weighted by atomic mass is 9.72. The van der Waals surface area contributed by atoms with Crippen LogP contribution >= 0.6 is 11.3 Å². The van der Waals surface area contributed by atoms with Crippen molar-refractivity contribution in [2.24, 2.45) is 11.3 Å². The second-order valence-electron chi connectivity index (χ2n) is 9.37. The van der Waals surface area contributed by atoms with Gasteiger partial charge in [-0.25, -0.2) is 0 Å². The molecule has 4 rings (SSSR count). The molecule has 0 aromatic carbocycles. The summed E-state index contributed by atoms with van der Waals surface area (Å²) < 4.78 is 2.26. The summed E-state index contributed by atoms with van der Waals surface area (Å²) in [5, 5.41) is 11.8. The van der Waals surface area contributed by atoms with Crippen LogP contribution in [0.5, 0.6) is 0 Å². The van der Waals surface area contributed by atoms with Gasteiger partial charge in [-0.2, -0.15) is 0 Å². The summed E-state index contributed by atoms with van der Waals surface area (Å²) in [5.41, 5.74) is 1.72. The average Bonchev–Trinajstić information content (AvgIpc) is 3.17. The zero-order valence-electron chi connectivity index (χ0n) is 17.4. The van der Waals surface area contributed by atoms with Gasteiger partial charge in [0.25, 0.3) is 5.91 Å². The molecule has 1 aliphatic heterocycles. The second kappa shape index (κ2) is 7.97. The fraction of sp³-hybridized carbons (Fsp3) is 0.682. The van der Waals surface area contributed by atoms with E-state index in [1.807, 2.05) is 0 Å². The van der Waals surface area contributed by atoms with Crippen molar-refractivity contribution >= 4 is 17.2 Å². The molecule has 0 fully saturated rings. The number of carbonyl (C=O) groups excluding carboxylic acids is 1. The molecule has 1 aliphatic carbocycles. The predicted octanol–water partition coefficient (Wildman–Crippen LogP) is 4.19. The highest BCUT2D eigenvalue weighted by molar-refractivity contribution is 7.14. The van der Waals surface area contributed by atoms with Crippen LogP contribution in [0.15, 0.2) is 6.07 Å². The molecule has 0 bridgehead atoms. The maximum Gasteiger partial charge on any atom is 0.261 e. The summed E-state index contributed by atoms with van der Waals surface area (Å²) >= 11 is 1.68. The number of thiophene rings is 1. The quantitative estimate of drug-likeness (QED) is 0.837. The molecule has 0 spiro atoms. The highest BCUT2D eigenvalue weighted by Crippen LogP contribution is 2.40. The van der Waals surface area contributed by atoms with Gasteiger partial charge in [-0.1, -0.05) is 27.2 Å². The van der Waals surface area contributed by atoms with Crippen molar-refractivity contribution in [3.63, 3.8) is 0 Å². The molecule has 0 radical (unpaired) electrons. The van der Waals surface area contributed by atoms with Gasteiger partial charge in [-0.05, 0) is 55.1 Å². The van der Waals surface area contributed by atoms with Crippen LogP contribution in [0.1, 0.15) is 78.2 Å². The molecule has 3 heterocycles. The number of nitrogens with zero attached hydrogens (tertiary/aromatic N) is 3. The molecule has 1 unspecified atom stereocenters. The normalized spacial score (nSPS) is 19.6. The number of aromatic nitrogens is 3. The van der Waals surface area contributed by atoms with E-state index < -0.39 is 0 Å². The summed E-state index contributed by atoms with van der Waals surface area (Å²) in [5.74, 6) is 2.88. The number of rotatable bonds is 4. The van der Waals surface area contributed by atoms with E-state index in [0.717, 1.165) is 48.8 Å². The van der Waals surface area contributed by atoms with E-state index in [1.165, 1.54) is 36.1 Å². The number of hydrogen-bond acceptors (Lipinski definition) is 4. The first-order chi connectivity index (χ1) is 13.4. The lowest BCUT2D eigenvalue weighted by Crippen LogP contribution is -2.26. The van der Waals surface area contributed by atoms with Gasteiger partial charge in [-0.3, -0.25) is 4.79 Å². The Bertz CT molecular complexity index is 845. The van der Waals surface area contributed by atoms with Gasteiger partial charge in [0.15, 0.2) is 0 Å². The van der Waals surface area contributed by atoms with Crippen LogP contribution in [0, 0.1) is 11.3 Å². The lowest BCUT2D eigenvalue weighted by molar-refractivity contribution is 0.0958. The standard InChI is InChI=1S/C22H32N4OS/c1-22(2,3)16-8-9-17-15(13-16)14-18(28-17)21(27)23-11-10-20-25-24-19-7-5-4-6-12-26(19)20/h14,16H,4-13H2,1-3H3,(H,23,27). The van der Waals surface area contributed by atoms with Crippen LogP contribution in [-0.2, 0) is 32.2 Å². The minimum Gasteiger partial charge on any atom is -0.351 e. The van der Waals surface area contributed by atoms with Crippen LogP contribution in [0.2, 0.25) is 0 Å². The smallest absolute Gasteiger partial charge is 0.261 e. The van der Waals surface area contributed by atoms with E-state index in [4.69, 9.17) is 0 Å². The fourth-order valence-electron chi connectivity index (χ4n) is 4.48. The minimum atomic E-state index is 0.0577. The number of aryl methyl sites for hydroxylation is 2. The van der Waals surface area contributed by atoms with E-state index in [2.05, 4.69) is 46.9 Å². The highest BCUT2D eigenvalue weighted by Gasteiger charge is 2.30. The van der Waals surface area contributed by atoms with Crippen LogP contribution in [0.4, 0.5) is 0 Å². The van der Waals surface area contributed by atoms with Crippen LogP contribution in [0.3, 0.4) is 0 Å². The fourth-order valence-corrected chi connectivity index (χ4v) is 5.60. The predicted molar refractivity (Wildman–Crippen MR) is 113 cm³/mol. The number of amides is 1. The maximum atomic E-state index is 12.7. The Balaban J connectivity index is 1.34. The van der Waals surface area contributed by atoms with Gasteiger partial charge >= 0.3 is 0 Å². The molecular weight excluding hydrogens is 368 g/mol. The SMILES string of the molecule is CC(C)(C)C1CCc2sc(C(=O)NCCc3nnc4n3CCCCC4)cc2C1. The van der Waals surface area contributed by atoms with E-state index in [-0.39, 0.29) is 5.91 Å². The molecular formula is C22H32N4OS. The topological polar surface area (TPSA) is 59.8 Å². The summed E-state index contributed by atoms with van der Waals surface area (Å²) in [4.78, 5) is 14.9. The summed E-state index contributed by atoms with van der Waals surface area (Å²) in [6.45, 7) is 8.61. The molecule has 28 heavy (non-hydrogen) atoms. The number of nitrogens with one attached hydrogen (secondary N) is 1. The first-order valence-corrected chi connectivity index (χ1v) is 11.5. The van der Waals surface area contributed by atoms with Gasteiger partial charge in [0.2, 0.25) is 0 Å². The van der Waals surface area contributed by atoms with Crippen molar-refractivity contribution in [3.05, 3.63) is 33.0 Å². The zero-order chi connectivity index (χ0) is 19.7. The molecule has 5 nitrogen and oxygen atoms in total. The largest absolute Gasteiger partial charge is 0.351 e. The van der Waals surface area contributed by atoms with E-state index in [0.29, 0.717) is 17.9 Å². The molecule has 6 heteroatoms. The Hall–Kier alpha value is -1.69. The number of carbonyl (C=O) groups is 1. The number of fused-ring (bicyclic) bond motifs is 2. The van der Waals surface area contributed by atoms with E-state index in [9.17, 15) is 4.79 Å². The van der Waals surface area contributed by atoms with Crippen molar-refractivity contribution in [2.45, 2.75) is 78.7 Å². The molecule has 0 saturated carbocycles. The summed E-state index contributed by atoms with van der Waals surface area (Å²) in [7, 11) is 0. The molecule has 1 atom stereocenters. The molecule has 2 aliphatic rings. The van der Waals surface area contributed by atoms with Gasteiger partial charge in [0.1, 0.15) is 11.6 Å². The second-order valence-corrected chi connectivity index (χ2v) is 10.5. The van der Waals surface area contributed by atoms with Crippen LogP contribution in [-0.4, -0.2) is 27.2 Å². The summed E-state index contributed by atoms with van der Waals surface area (Å²) in [6.07, 6.45) is 8.88. The van der Waals surface area contributed by atoms with Gasteiger partial charge in [-0.15, -0.1) is 21.5 Å². The van der Waals surface area contributed by atoms with Crippen molar-refractivity contribution in [2.75, 3.05) is 6.54 Å². The third-order valence-corrected chi connectivity index (χ3v) is 7.59.